The van der Waals surface area contributed by atoms with Gasteiger partial charge in [0.1, 0.15) is 0 Å². The summed E-state index contributed by atoms with van der Waals surface area (Å²) in [6, 6.07) is 7.00. The Kier molecular flexibility index (Phi) is 4.09. The van der Waals surface area contributed by atoms with E-state index in [1.165, 1.54) is 0 Å². The third-order valence-electron chi connectivity index (χ3n) is 3.21. The van der Waals surface area contributed by atoms with Crippen molar-refractivity contribution in [2.45, 2.75) is 18.9 Å². The first kappa shape index (κ1) is 13.9. The number of benzene rings is 1. The fourth-order valence-corrected chi connectivity index (χ4v) is 3.87. The molecule has 0 saturated carbocycles. The number of nitrogens with one attached hydrogen (secondary N) is 2. The van der Waals surface area contributed by atoms with E-state index in [-0.39, 0.29) is 17.7 Å². The molecule has 1 aromatic carbocycles. The lowest BCUT2D eigenvalue weighted by molar-refractivity contribution is 0.0963. The van der Waals surface area contributed by atoms with Crippen LogP contribution in [0.25, 0.3) is 0 Å². The van der Waals surface area contributed by atoms with Crippen molar-refractivity contribution in [2.75, 3.05) is 23.9 Å². The predicted molar refractivity (Wildman–Crippen MR) is 75.1 cm³/mol. The second-order valence-corrected chi connectivity index (χ2v) is 6.98. The number of carbonyl (C=O) groups is 1. The van der Waals surface area contributed by atoms with Crippen LogP contribution < -0.4 is 10.6 Å². The molecule has 1 atom stereocenters. The monoisotopic (exact) mass is 282 g/mol. The molecule has 6 heteroatoms. The van der Waals surface area contributed by atoms with Gasteiger partial charge in [-0.2, -0.15) is 0 Å². The molecule has 1 aliphatic heterocycles. The highest BCUT2D eigenvalue weighted by Crippen LogP contribution is 2.18. The number of carbonyl (C=O) groups excluding carboxylic acids is 1. The van der Waals surface area contributed by atoms with Gasteiger partial charge < -0.3 is 10.6 Å². The van der Waals surface area contributed by atoms with Gasteiger partial charge in [-0.15, -0.1) is 0 Å². The molecule has 2 N–H and O–H groups in total. The number of hydrogen-bond donors (Lipinski definition) is 2. The topological polar surface area (TPSA) is 75.3 Å². The van der Waals surface area contributed by atoms with E-state index in [4.69, 9.17) is 0 Å². The zero-order valence-corrected chi connectivity index (χ0v) is 11.7. The quantitative estimate of drug-likeness (QED) is 0.868. The smallest absolute Gasteiger partial charge is 0.251 e. The van der Waals surface area contributed by atoms with Crippen LogP contribution in [0.4, 0.5) is 5.69 Å². The Balaban J connectivity index is 2.01. The lowest BCUT2D eigenvalue weighted by Crippen LogP contribution is -2.34. The highest BCUT2D eigenvalue weighted by atomic mass is 32.2. The van der Waals surface area contributed by atoms with Crippen LogP contribution in [-0.2, 0) is 9.84 Å². The standard InChI is InChI=1S/C13H18N2O3S/c1-14-13(16)10-4-6-11(7-5-10)15-12-3-2-8-19(17,18)9-12/h4-7,12,15H,2-3,8-9H2,1H3,(H,14,16). The second kappa shape index (κ2) is 5.61. The minimum Gasteiger partial charge on any atom is -0.381 e. The van der Waals surface area contributed by atoms with E-state index in [2.05, 4.69) is 10.6 Å². The summed E-state index contributed by atoms with van der Waals surface area (Å²) in [5, 5.41) is 5.76. The van der Waals surface area contributed by atoms with Crippen molar-refractivity contribution in [1.29, 1.82) is 0 Å². The van der Waals surface area contributed by atoms with Gasteiger partial charge in [0, 0.05) is 24.3 Å². The fourth-order valence-electron chi connectivity index (χ4n) is 2.23. The van der Waals surface area contributed by atoms with Crippen LogP contribution in [0.2, 0.25) is 0 Å². The average molecular weight is 282 g/mol. The molecule has 2 rings (SSSR count). The summed E-state index contributed by atoms with van der Waals surface area (Å²) in [6.45, 7) is 0. The Labute approximate surface area is 113 Å². The minimum absolute atomic E-state index is 0.0374. The van der Waals surface area contributed by atoms with Gasteiger partial charge in [-0.3, -0.25) is 4.79 Å². The highest BCUT2D eigenvalue weighted by molar-refractivity contribution is 7.91. The van der Waals surface area contributed by atoms with Crippen molar-refractivity contribution < 1.29 is 13.2 Å². The fraction of sp³-hybridized carbons (Fsp3) is 0.462. The van der Waals surface area contributed by atoms with Crippen LogP contribution in [0.15, 0.2) is 24.3 Å². The predicted octanol–water partition coefficient (Wildman–Crippen LogP) is 1.04. The molecule has 1 aromatic rings. The van der Waals surface area contributed by atoms with Crippen LogP contribution in [0.1, 0.15) is 23.2 Å². The molecule has 0 spiro atoms. The van der Waals surface area contributed by atoms with Crippen molar-refractivity contribution >= 4 is 21.4 Å². The van der Waals surface area contributed by atoms with Gasteiger partial charge in [0.05, 0.1) is 11.5 Å². The van der Waals surface area contributed by atoms with E-state index in [9.17, 15) is 13.2 Å². The van der Waals surface area contributed by atoms with Gasteiger partial charge in [-0.25, -0.2) is 8.42 Å². The maximum atomic E-state index is 11.5. The lowest BCUT2D eigenvalue weighted by atomic mass is 10.1. The number of anilines is 1. The molecule has 0 aliphatic carbocycles. The van der Waals surface area contributed by atoms with Crippen molar-refractivity contribution in [3.63, 3.8) is 0 Å². The molecule has 0 radical (unpaired) electrons. The van der Waals surface area contributed by atoms with Gasteiger partial charge in [0.25, 0.3) is 5.91 Å². The summed E-state index contributed by atoms with van der Waals surface area (Å²) in [6.07, 6.45) is 1.56. The molecule has 0 bridgehead atoms. The molecule has 1 unspecified atom stereocenters. The number of rotatable bonds is 3. The van der Waals surface area contributed by atoms with E-state index < -0.39 is 9.84 Å². The minimum atomic E-state index is -2.90. The molecule has 1 saturated heterocycles. The molecule has 1 fully saturated rings. The summed E-state index contributed by atoms with van der Waals surface area (Å²) in [4.78, 5) is 11.4. The number of sulfone groups is 1. The molecule has 1 heterocycles. The Bertz CT molecular complexity index is 552. The normalized spacial score (nSPS) is 21.6. The zero-order chi connectivity index (χ0) is 13.9. The van der Waals surface area contributed by atoms with Crippen molar-refractivity contribution in [2.24, 2.45) is 0 Å². The molecular weight excluding hydrogens is 264 g/mol. The summed E-state index contributed by atoms with van der Waals surface area (Å²) in [5.74, 6) is 0.345. The number of amides is 1. The van der Waals surface area contributed by atoms with Crippen molar-refractivity contribution in [1.82, 2.24) is 5.32 Å². The Morgan fingerprint density at radius 1 is 1.26 bits per heavy atom. The summed E-state index contributed by atoms with van der Waals surface area (Å²) < 4.78 is 23.1. The SMILES string of the molecule is CNC(=O)c1ccc(NC2CCCS(=O)(=O)C2)cc1. The summed E-state index contributed by atoms with van der Waals surface area (Å²) in [7, 11) is -1.32. The third-order valence-corrected chi connectivity index (χ3v) is 5.03. The summed E-state index contributed by atoms with van der Waals surface area (Å²) in [5.41, 5.74) is 1.43. The molecular formula is C13H18N2O3S. The zero-order valence-electron chi connectivity index (χ0n) is 10.8. The van der Waals surface area contributed by atoms with E-state index in [0.29, 0.717) is 17.7 Å². The van der Waals surface area contributed by atoms with E-state index in [1.54, 1.807) is 31.3 Å². The Hall–Kier alpha value is -1.56. The van der Waals surface area contributed by atoms with Gasteiger partial charge in [-0.05, 0) is 37.1 Å². The van der Waals surface area contributed by atoms with Gasteiger partial charge in [0.15, 0.2) is 9.84 Å². The maximum absolute atomic E-state index is 11.5. The highest BCUT2D eigenvalue weighted by Gasteiger charge is 2.24. The molecule has 1 aliphatic rings. The third kappa shape index (κ3) is 3.70. The van der Waals surface area contributed by atoms with E-state index in [1.807, 2.05) is 0 Å². The molecule has 19 heavy (non-hydrogen) atoms. The number of hydrogen-bond acceptors (Lipinski definition) is 4. The van der Waals surface area contributed by atoms with Crippen molar-refractivity contribution in [3.05, 3.63) is 29.8 Å². The van der Waals surface area contributed by atoms with Gasteiger partial charge in [-0.1, -0.05) is 0 Å². The average Bonchev–Trinajstić information content (AvgIpc) is 2.37. The molecule has 104 valence electrons. The van der Waals surface area contributed by atoms with E-state index in [0.717, 1.165) is 12.1 Å². The molecule has 1 amide bonds. The molecule has 0 aromatic heterocycles. The Morgan fingerprint density at radius 2 is 1.95 bits per heavy atom. The van der Waals surface area contributed by atoms with Crippen LogP contribution in [-0.4, -0.2) is 38.9 Å². The van der Waals surface area contributed by atoms with Crippen LogP contribution in [0.5, 0.6) is 0 Å². The van der Waals surface area contributed by atoms with E-state index >= 15 is 0 Å². The van der Waals surface area contributed by atoms with Gasteiger partial charge in [0.2, 0.25) is 0 Å². The lowest BCUT2D eigenvalue weighted by Gasteiger charge is -2.24. The largest absolute Gasteiger partial charge is 0.381 e. The van der Waals surface area contributed by atoms with Crippen LogP contribution >= 0.6 is 0 Å². The maximum Gasteiger partial charge on any atom is 0.251 e. The van der Waals surface area contributed by atoms with Crippen LogP contribution in [0.3, 0.4) is 0 Å². The first-order chi connectivity index (χ1) is 9.00. The van der Waals surface area contributed by atoms with Crippen molar-refractivity contribution in [3.8, 4) is 0 Å². The van der Waals surface area contributed by atoms with Crippen LogP contribution in [0, 0.1) is 0 Å². The second-order valence-electron chi connectivity index (χ2n) is 4.75. The summed E-state index contributed by atoms with van der Waals surface area (Å²) >= 11 is 0. The first-order valence-corrected chi connectivity index (χ1v) is 8.11. The Morgan fingerprint density at radius 3 is 2.53 bits per heavy atom. The first-order valence-electron chi connectivity index (χ1n) is 6.29. The van der Waals surface area contributed by atoms with Gasteiger partial charge >= 0.3 is 0 Å². The molecule has 5 nitrogen and oxygen atoms in total.